The topological polar surface area (TPSA) is 94.1 Å². The molecule has 2 N–H and O–H groups in total. The van der Waals surface area contributed by atoms with Crippen LogP contribution in [0.3, 0.4) is 0 Å². The van der Waals surface area contributed by atoms with E-state index in [1.165, 1.54) is 19.3 Å². The molecule has 1 amide bonds. The van der Waals surface area contributed by atoms with Gasteiger partial charge in [0, 0.05) is 30.5 Å². The van der Waals surface area contributed by atoms with Gasteiger partial charge in [-0.1, -0.05) is 43.7 Å². The van der Waals surface area contributed by atoms with Crippen LogP contribution in [0.1, 0.15) is 52.4 Å². The first-order valence-corrected chi connectivity index (χ1v) is 12.9. The van der Waals surface area contributed by atoms with E-state index < -0.39 is 36.9 Å². The molecule has 7 nitrogen and oxygen atoms in total. The zero-order valence-corrected chi connectivity index (χ0v) is 23.1. The molecule has 0 aromatic heterocycles. The number of amides is 1. The lowest BCUT2D eigenvalue weighted by Crippen LogP contribution is -2.36. The summed E-state index contributed by atoms with van der Waals surface area (Å²) in [7, 11) is 1.46. The number of carboxylic acid groups (broad SMARTS) is 1. The molecule has 0 radical (unpaired) electrons. The Kier molecular flexibility index (Phi) is 14.9. The van der Waals surface area contributed by atoms with E-state index in [0.717, 1.165) is 6.42 Å². The molecule has 1 aliphatic rings. The maximum Gasteiger partial charge on any atom is 0.333 e. The zero-order chi connectivity index (χ0) is 29.6. The number of allylic oxidation sites excluding steroid dienone is 4. The van der Waals surface area contributed by atoms with Crippen LogP contribution in [-0.2, 0) is 23.8 Å². The summed E-state index contributed by atoms with van der Waals surface area (Å²) in [5.41, 5.74) is 1.36. The smallest absolute Gasteiger partial charge is 0.333 e. The van der Waals surface area contributed by atoms with Gasteiger partial charge in [-0.2, -0.15) is 8.78 Å². The SMILES string of the molecule is C=C/C(=C\C(Cl)=C(/CC)C(=O)NCC1=C(OC)CCCC(CC(OCC(F)(F)C(F)F)C(=O)O)=C1)OCCC. The van der Waals surface area contributed by atoms with Crippen molar-refractivity contribution in [3.05, 3.63) is 58.1 Å². The van der Waals surface area contributed by atoms with Crippen molar-refractivity contribution in [1.29, 1.82) is 0 Å². The summed E-state index contributed by atoms with van der Waals surface area (Å²) in [5, 5.41) is 12.4. The number of carbonyl (C=O) groups excluding carboxylic acids is 1. The third kappa shape index (κ3) is 11.5. The lowest BCUT2D eigenvalue weighted by molar-refractivity contribution is -0.185. The summed E-state index contributed by atoms with van der Waals surface area (Å²) in [6.45, 7) is 6.12. The van der Waals surface area contributed by atoms with Gasteiger partial charge >= 0.3 is 18.3 Å². The molecule has 1 aliphatic carbocycles. The minimum absolute atomic E-state index is 0.00554. The lowest BCUT2D eigenvalue weighted by atomic mass is 10.0. The molecule has 0 fully saturated rings. The van der Waals surface area contributed by atoms with Crippen LogP contribution in [0.15, 0.2) is 58.1 Å². The average molecular weight is 582 g/mol. The third-order valence-electron chi connectivity index (χ3n) is 5.70. The fourth-order valence-electron chi connectivity index (χ4n) is 3.62. The molecule has 0 aromatic rings. The van der Waals surface area contributed by atoms with Gasteiger partial charge in [0.05, 0.1) is 18.7 Å². The highest BCUT2D eigenvalue weighted by Crippen LogP contribution is 2.28. The standard InChI is InChI=1S/C27H36ClF4NO6/c1-5-11-38-19(6-2)14-21(28)20(7-3)24(34)33-15-18-12-17(9-8-10-22(18)37-4)13-23(25(35)36)39-16-27(31,32)26(29)30/h6,12,14,23,26H,2,5,7-11,13,15-16H2,1,3-4H3,(H,33,34)(H,35,36)/b19-14+,21-20-. The summed E-state index contributed by atoms with van der Waals surface area (Å²) >= 11 is 6.39. The Morgan fingerprint density at radius 1 is 1.28 bits per heavy atom. The highest BCUT2D eigenvalue weighted by atomic mass is 35.5. The summed E-state index contributed by atoms with van der Waals surface area (Å²) in [6, 6.07) is 0. The van der Waals surface area contributed by atoms with Crippen LogP contribution < -0.4 is 5.32 Å². The van der Waals surface area contributed by atoms with E-state index in [9.17, 15) is 32.3 Å². The molecular weight excluding hydrogens is 546 g/mol. The first-order valence-electron chi connectivity index (χ1n) is 12.5. The largest absolute Gasteiger partial charge is 0.501 e. The van der Waals surface area contributed by atoms with Gasteiger partial charge in [0.15, 0.2) is 6.10 Å². The molecular formula is C27H36ClF4NO6. The van der Waals surface area contributed by atoms with E-state index >= 15 is 0 Å². The second kappa shape index (κ2) is 17.0. The molecule has 0 saturated heterocycles. The molecule has 1 unspecified atom stereocenters. The number of carbonyl (C=O) groups is 2. The van der Waals surface area contributed by atoms with Gasteiger partial charge in [-0.3, -0.25) is 4.79 Å². The van der Waals surface area contributed by atoms with Gasteiger partial charge in [0.2, 0.25) is 5.91 Å². The zero-order valence-electron chi connectivity index (χ0n) is 22.3. The van der Waals surface area contributed by atoms with E-state index in [2.05, 4.69) is 16.6 Å². The van der Waals surface area contributed by atoms with Crippen LogP contribution in [0.5, 0.6) is 0 Å². The number of methoxy groups -OCH3 is 1. The van der Waals surface area contributed by atoms with E-state index in [-0.39, 0.29) is 18.0 Å². The van der Waals surface area contributed by atoms with Gasteiger partial charge < -0.3 is 24.6 Å². The molecule has 220 valence electrons. The number of ether oxygens (including phenoxy) is 3. The van der Waals surface area contributed by atoms with Gasteiger partial charge in [-0.15, -0.1) is 0 Å². The van der Waals surface area contributed by atoms with Crippen molar-refractivity contribution in [2.75, 3.05) is 26.9 Å². The van der Waals surface area contributed by atoms with Gasteiger partial charge in [0.1, 0.15) is 18.1 Å². The number of carboxylic acids is 1. The first kappa shape index (κ1) is 34.2. The predicted octanol–water partition coefficient (Wildman–Crippen LogP) is 6.27. The molecule has 0 heterocycles. The molecule has 1 atom stereocenters. The van der Waals surface area contributed by atoms with E-state index in [4.69, 9.17) is 21.1 Å². The highest BCUT2D eigenvalue weighted by Gasteiger charge is 2.42. The highest BCUT2D eigenvalue weighted by molar-refractivity contribution is 6.33. The molecule has 0 aliphatic heterocycles. The average Bonchev–Trinajstić information content (AvgIpc) is 3.09. The van der Waals surface area contributed by atoms with E-state index in [1.54, 1.807) is 13.0 Å². The number of halogens is 5. The van der Waals surface area contributed by atoms with Crippen molar-refractivity contribution in [2.24, 2.45) is 0 Å². The number of hydrogen-bond donors (Lipinski definition) is 2. The monoisotopic (exact) mass is 581 g/mol. The second-order valence-corrected chi connectivity index (χ2v) is 9.08. The normalized spacial score (nSPS) is 16.2. The van der Waals surface area contributed by atoms with Crippen molar-refractivity contribution >= 4 is 23.5 Å². The molecule has 1 rings (SSSR count). The fraction of sp³-hybridized carbons (Fsp3) is 0.556. The second-order valence-electron chi connectivity index (χ2n) is 8.67. The Hall–Kier alpha value is -2.79. The third-order valence-corrected chi connectivity index (χ3v) is 6.04. The minimum Gasteiger partial charge on any atom is -0.501 e. The summed E-state index contributed by atoms with van der Waals surface area (Å²) < 4.78 is 67.1. The Morgan fingerprint density at radius 2 is 1.97 bits per heavy atom. The van der Waals surface area contributed by atoms with E-state index in [0.29, 0.717) is 60.5 Å². The van der Waals surface area contributed by atoms with Crippen molar-refractivity contribution < 1.29 is 46.5 Å². The summed E-state index contributed by atoms with van der Waals surface area (Å²) in [4.78, 5) is 24.5. The molecule has 0 saturated carbocycles. The van der Waals surface area contributed by atoms with Crippen molar-refractivity contribution in [3.63, 3.8) is 0 Å². The number of rotatable bonds is 17. The minimum atomic E-state index is -4.47. The van der Waals surface area contributed by atoms with Crippen LogP contribution in [-0.4, -0.2) is 62.3 Å². The van der Waals surface area contributed by atoms with Crippen LogP contribution in [0, 0.1) is 0 Å². The molecule has 12 heteroatoms. The van der Waals surface area contributed by atoms with Gasteiger partial charge in [0.25, 0.3) is 0 Å². The quantitative estimate of drug-likeness (QED) is 0.0910. The Labute approximate surface area is 231 Å². The summed E-state index contributed by atoms with van der Waals surface area (Å²) in [6.07, 6.45) is 1.07. The number of alkyl halides is 4. The van der Waals surface area contributed by atoms with Crippen molar-refractivity contribution in [3.8, 4) is 0 Å². The number of hydrogen-bond acceptors (Lipinski definition) is 5. The molecule has 0 bridgehead atoms. The molecule has 0 spiro atoms. The van der Waals surface area contributed by atoms with Crippen LogP contribution in [0.4, 0.5) is 17.6 Å². The number of nitrogens with one attached hydrogen (secondary N) is 1. The Morgan fingerprint density at radius 3 is 2.51 bits per heavy atom. The number of aliphatic carboxylic acids is 1. The molecule has 39 heavy (non-hydrogen) atoms. The maximum atomic E-state index is 13.3. The van der Waals surface area contributed by atoms with Crippen LogP contribution in [0.25, 0.3) is 0 Å². The van der Waals surface area contributed by atoms with E-state index in [1.807, 2.05) is 6.92 Å². The fourth-order valence-corrected chi connectivity index (χ4v) is 3.95. The first-order chi connectivity index (χ1) is 18.4. The lowest BCUT2D eigenvalue weighted by Gasteiger charge is -2.20. The Bertz CT molecular complexity index is 991. The van der Waals surface area contributed by atoms with Crippen LogP contribution in [0.2, 0.25) is 0 Å². The Balaban J connectivity index is 3.10. The molecule has 0 aromatic carbocycles. The summed E-state index contributed by atoms with van der Waals surface area (Å²) in [5.74, 6) is -5.50. The van der Waals surface area contributed by atoms with Gasteiger partial charge in [-0.25, -0.2) is 13.6 Å². The van der Waals surface area contributed by atoms with Crippen molar-refractivity contribution in [1.82, 2.24) is 5.32 Å². The van der Waals surface area contributed by atoms with Gasteiger partial charge in [-0.05, 0) is 37.8 Å². The van der Waals surface area contributed by atoms with Crippen molar-refractivity contribution in [2.45, 2.75) is 70.8 Å². The maximum absolute atomic E-state index is 13.3. The predicted molar refractivity (Wildman–Crippen MR) is 140 cm³/mol. The van der Waals surface area contributed by atoms with Crippen LogP contribution >= 0.6 is 11.6 Å².